The number of ether oxygens (including phenoxy) is 1. The number of nitrogens with zero attached hydrogens (tertiary/aromatic N) is 1. The highest BCUT2D eigenvalue weighted by Gasteiger charge is 2.11. The molecule has 2 aromatic rings. The third-order valence-electron chi connectivity index (χ3n) is 3.66. The highest BCUT2D eigenvalue weighted by molar-refractivity contribution is 9.11. The summed E-state index contributed by atoms with van der Waals surface area (Å²) in [5, 5.41) is 2.99. The van der Waals surface area contributed by atoms with Crippen molar-refractivity contribution >= 4 is 33.2 Å². The zero-order chi connectivity index (χ0) is 18.1. The number of nitrogens with one attached hydrogen (secondary N) is 1. The second-order valence-corrected chi connectivity index (χ2v) is 8.16. The molecule has 0 saturated heterocycles. The minimum atomic E-state index is 0.0333. The molecule has 0 atom stereocenters. The number of thiophene rings is 1. The minimum absolute atomic E-state index is 0.0333. The molecule has 134 valence electrons. The molecule has 0 fully saturated rings. The maximum absolute atomic E-state index is 12.2. The summed E-state index contributed by atoms with van der Waals surface area (Å²) in [6.07, 6.45) is 2.63. The number of hydrogen-bond acceptors (Lipinski definition) is 4. The smallest absolute Gasteiger partial charge is 0.234 e. The molecule has 1 amide bonds. The Morgan fingerprint density at radius 3 is 2.68 bits per heavy atom. The van der Waals surface area contributed by atoms with E-state index in [2.05, 4.69) is 38.8 Å². The summed E-state index contributed by atoms with van der Waals surface area (Å²) < 4.78 is 6.25. The lowest BCUT2D eigenvalue weighted by atomic mass is 10.1. The summed E-state index contributed by atoms with van der Waals surface area (Å²) in [4.78, 5) is 15.5. The van der Waals surface area contributed by atoms with Gasteiger partial charge in [-0.15, -0.1) is 17.9 Å². The van der Waals surface area contributed by atoms with Crippen LogP contribution < -0.4 is 10.1 Å². The van der Waals surface area contributed by atoms with E-state index in [0.29, 0.717) is 19.6 Å². The number of hydrogen-bond donors (Lipinski definition) is 1. The second kappa shape index (κ2) is 10.4. The van der Waals surface area contributed by atoms with Crippen molar-refractivity contribution in [2.75, 3.05) is 26.7 Å². The molecule has 2 rings (SSSR count). The van der Waals surface area contributed by atoms with Crippen LogP contribution in [0.15, 0.2) is 52.8 Å². The lowest BCUT2D eigenvalue weighted by molar-refractivity contribution is -0.122. The fourth-order valence-electron chi connectivity index (χ4n) is 2.42. The van der Waals surface area contributed by atoms with Gasteiger partial charge in [0.2, 0.25) is 5.91 Å². The van der Waals surface area contributed by atoms with Gasteiger partial charge in [0.15, 0.2) is 0 Å². The number of rotatable bonds is 10. The maximum Gasteiger partial charge on any atom is 0.234 e. The Balaban J connectivity index is 1.76. The molecule has 0 aliphatic rings. The monoisotopic (exact) mass is 422 g/mol. The third-order valence-corrected chi connectivity index (χ3v) is 5.27. The molecule has 0 bridgehead atoms. The largest absolute Gasteiger partial charge is 0.497 e. The third kappa shape index (κ3) is 7.02. The van der Waals surface area contributed by atoms with Crippen LogP contribution in [0.1, 0.15) is 10.4 Å². The van der Waals surface area contributed by atoms with Crippen molar-refractivity contribution in [1.29, 1.82) is 0 Å². The molecule has 1 N–H and O–H groups in total. The van der Waals surface area contributed by atoms with Crippen molar-refractivity contribution in [2.45, 2.75) is 13.0 Å². The molecule has 1 aromatic carbocycles. The molecule has 0 aliphatic carbocycles. The lowest BCUT2D eigenvalue weighted by Crippen LogP contribution is -2.37. The van der Waals surface area contributed by atoms with Gasteiger partial charge < -0.3 is 10.1 Å². The molecule has 1 aromatic heterocycles. The molecule has 4 nitrogen and oxygen atoms in total. The predicted octanol–water partition coefficient (Wildman–Crippen LogP) is 3.87. The SMILES string of the molecule is C=CCN(CC(=O)NCCc1ccc(OC)cc1)Cc1ccc(Br)s1. The first-order valence-corrected chi connectivity index (χ1v) is 9.68. The molecule has 0 saturated carbocycles. The summed E-state index contributed by atoms with van der Waals surface area (Å²) in [5.41, 5.74) is 1.17. The molecule has 0 unspecified atom stereocenters. The molecule has 6 heteroatoms. The van der Waals surface area contributed by atoms with Gasteiger partial charge in [-0.2, -0.15) is 0 Å². The molecule has 25 heavy (non-hydrogen) atoms. The van der Waals surface area contributed by atoms with Crippen LogP contribution in [-0.4, -0.2) is 37.6 Å². The van der Waals surface area contributed by atoms with E-state index < -0.39 is 0 Å². The molecule has 1 heterocycles. The maximum atomic E-state index is 12.2. The van der Waals surface area contributed by atoms with E-state index in [1.54, 1.807) is 18.4 Å². The standard InChI is InChI=1S/C19H23BrN2O2S/c1-3-12-22(13-17-8-9-18(20)25-17)14-19(23)21-11-10-15-4-6-16(24-2)7-5-15/h3-9H,1,10-14H2,2H3,(H,21,23). The number of methoxy groups -OCH3 is 1. The van der Waals surface area contributed by atoms with E-state index >= 15 is 0 Å². The highest BCUT2D eigenvalue weighted by atomic mass is 79.9. The van der Waals surface area contributed by atoms with E-state index in [1.807, 2.05) is 36.4 Å². The van der Waals surface area contributed by atoms with Crippen LogP contribution in [0, 0.1) is 0 Å². The summed E-state index contributed by atoms with van der Waals surface area (Å²) >= 11 is 5.16. The van der Waals surface area contributed by atoms with Crippen molar-refractivity contribution < 1.29 is 9.53 Å². The van der Waals surface area contributed by atoms with Crippen LogP contribution in [0.4, 0.5) is 0 Å². The first-order valence-electron chi connectivity index (χ1n) is 8.08. The molecule has 0 aliphatic heterocycles. The first-order chi connectivity index (χ1) is 12.1. The number of amides is 1. The first kappa shape index (κ1) is 19.7. The van der Waals surface area contributed by atoms with Crippen LogP contribution >= 0.6 is 27.3 Å². The molecular weight excluding hydrogens is 400 g/mol. The number of carbonyl (C=O) groups excluding carboxylic acids is 1. The van der Waals surface area contributed by atoms with Gasteiger partial charge in [0.1, 0.15) is 5.75 Å². The summed E-state index contributed by atoms with van der Waals surface area (Å²) in [6.45, 7) is 6.20. The quantitative estimate of drug-likeness (QED) is 0.590. The van der Waals surface area contributed by atoms with Gasteiger partial charge in [-0.1, -0.05) is 18.2 Å². The van der Waals surface area contributed by atoms with Crippen molar-refractivity contribution in [3.63, 3.8) is 0 Å². The van der Waals surface area contributed by atoms with Crippen LogP contribution in [0.5, 0.6) is 5.75 Å². The van der Waals surface area contributed by atoms with Gasteiger partial charge in [0, 0.05) is 24.5 Å². The average molecular weight is 423 g/mol. The zero-order valence-electron chi connectivity index (χ0n) is 14.3. The normalized spacial score (nSPS) is 10.7. The van der Waals surface area contributed by atoms with Gasteiger partial charge in [0.25, 0.3) is 0 Å². The van der Waals surface area contributed by atoms with Crippen molar-refractivity contribution in [1.82, 2.24) is 10.2 Å². The van der Waals surface area contributed by atoms with E-state index in [4.69, 9.17) is 4.74 Å². The Bertz CT molecular complexity index is 685. The van der Waals surface area contributed by atoms with Crippen molar-refractivity contribution in [3.8, 4) is 5.75 Å². The Kier molecular flexibility index (Phi) is 8.18. The van der Waals surface area contributed by atoms with Crippen LogP contribution in [0.3, 0.4) is 0 Å². The number of benzene rings is 1. The van der Waals surface area contributed by atoms with E-state index in [1.165, 1.54) is 10.4 Å². The molecular formula is C19H23BrN2O2S. The average Bonchev–Trinajstić information content (AvgIpc) is 3.00. The topological polar surface area (TPSA) is 41.6 Å². The summed E-state index contributed by atoms with van der Waals surface area (Å²) in [6, 6.07) is 12.0. The fraction of sp³-hybridized carbons (Fsp3) is 0.316. The highest BCUT2D eigenvalue weighted by Crippen LogP contribution is 2.23. The van der Waals surface area contributed by atoms with E-state index in [-0.39, 0.29) is 5.91 Å². The van der Waals surface area contributed by atoms with E-state index in [0.717, 1.165) is 22.5 Å². The Morgan fingerprint density at radius 2 is 2.08 bits per heavy atom. The summed E-state index contributed by atoms with van der Waals surface area (Å²) in [7, 11) is 1.65. The Labute approximate surface area is 161 Å². The summed E-state index contributed by atoms with van der Waals surface area (Å²) in [5.74, 6) is 0.874. The number of halogens is 1. The Morgan fingerprint density at radius 1 is 1.32 bits per heavy atom. The fourth-order valence-corrected chi connectivity index (χ4v) is 3.95. The lowest BCUT2D eigenvalue weighted by Gasteiger charge is -2.19. The Hall–Kier alpha value is -1.63. The van der Waals surface area contributed by atoms with Crippen molar-refractivity contribution in [3.05, 3.63) is 63.3 Å². The van der Waals surface area contributed by atoms with Crippen LogP contribution in [-0.2, 0) is 17.8 Å². The second-order valence-electron chi connectivity index (χ2n) is 5.61. The van der Waals surface area contributed by atoms with Crippen molar-refractivity contribution in [2.24, 2.45) is 0 Å². The molecule has 0 spiro atoms. The van der Waals surface area contributed by atoms with Crippen LogP contribution in [0.25, 0.3) is 0 Å². The van der Waals surface area contributed by atoms with E-state index in [9.17, 15) is 4.79 Å². The zero-order valence-corrected chi connectivity index (χ0v) is 16.7. The molecule has 0 radical (unpaired) electrons. The van der Waals surface area contributed by atoms with Gasteiger partial charge in [-0.3, -0.25) is 9.69 Å². The van der Waals surface area contributed by atoms with Gasteiger partial charge in [-0.05, 0) is 52.2 Å². The van der Waals surface area contributed by atoms with Gasteiger partial charge >= 0.3 is 0 Å². The minimum Gasteiger partial charge on any atom is -0.497 e. The van der Waals surface area contributed by atoms with Crippen LogP contribution in [0.2, 0.25) is 0 Å². The number of carbonyl (C=O) groups is 1. The predicted molar refractivity (Wildman–Crippen MR) is 107 cm³/mol. The van der Waals surface area contributed by atoms with Gasteiger partial charge in [0.05, 0.1) is 17.4 Å². The van der Waals surface area contributed by atoms with Gasteiger partial charge in [-0.25, -0.2) is 0 Å².